The number of nitrogens with zero attached hydrogens (tertiary/aromatic N) is 1. The summed E-state index contributed by atoms with van der Waals surface area (Å²) in [5, 5.41) is 0.144. The summed E-state index contributed by atoms with van der Waals surface area (Å²) in [6, 6.07) is 3.85. The lowest BCUT2D eigenvalue weighted by Crippen LogP contribution is -2.32. The van der Waals surface area contributed by atoms with E-state index < -0.39 is 9.05 Å². The molecule has 110 valence electrons. The first-order chi connectivity index (χ1) is 9.29. The van der Waals surface area contributed by atoms with E-state index in [1.807, 2.05) is 6.92 Å². The first-order valence-corrected chi connectivity index (χ1v) is 8.63. The Labute approximate surface area is 128 Å². The molecule has 0 saturated carbocycles. The molecule has 0 atom stereocenters. The van der Waals surface area contributed by atoms with Crippen molar-refractivity contribution in [2.75, 3.05) is 13.1 Å². The summed E-state index contributed by atoms with van der Waals surface area (Å²) in [4.78, 5) is 13.7. The Morgan fingerprint density at radius 3 is 2.55 bits per heavy atom. The lowest BCUT2D eigenvalue weighted by molar-refractivity contribution is 0.0773. The molecule has 7 heteroatoms. The van der Waals surface area contributed by atoms with Gasteiger partial charge in [0.2, 0.25) is 0 Å². The van der Waals surface area contributed by atoms with E-state index in [4.69, 9.17) is 22.3 Å². The monoisotopic (exact) mass is 335 g/mol. The standard InChI is InChI=1S/C13H15Cl2NO3S/c1-3-5-16(6-4-2)13(17)10-7-11(14)9-12(8-10)20(15,18)19/h3,7-9H,1,4-6H2,2H3. The molecule has 0 aliphatic rings. The maximum atomic E-state index is 12.3. The smallest absolute Gasteiger partial charge is 0.261 e. The third-order valence-electron chi connectivity index (χ3n) is 2.53. The van der Waals surface area contributed by atoms with Gasteiger partial charge in [0, 0.05) is 34.4 Å². The summed E-state index contributed by atoms with van der Waals surface area (Å²) < 4.78 is 22.7. The Morgan fingerprint density at radius 1 is 1.40 bits per heavy atom. The number of carbonyl (C=O) groups is 1. The molecule has 0 fully saturated rings. The average molecular weight is 336 g/mol. The van der Waals surface area contributed by atoms with E-state index in [-0.39, 0.29) is 21.4 Å². The SMILES string of the molecule is C=CCN(CCC)C(=O)c1cc(Cl)cc(S(=O)(=O)Cl)c1. The summed E-state index contributed by atoms with van der Waals surface area (Å²) in [6.07, 6.45) is 2.39. The van der Waals surface area contributed by atoms with Crippen molar-refractivity contribution in [2.24, 2.45) is 0 Å². The molecule has 0 aliphatic heterocycles. The van der Waals surface area contributed by atoms with E-state index in [2.05, 4.69) is 6.58 Å². The van der Waals surface area contributed by atoms with Gasteiger partial charge in [0.1, 0.15) is 0 Å². The zero-order valence-electron chi connectivity index (χ0n) is 11.0. The first kappa shape index (κ1) is 17.0. The topological polar surface area (TPSA) is 54.5 Å². The van der Waals surface area contributed by atoms with Crippen LogP contribution in [0.1, 0.15) is 23.7 Å². The second-order valence-electron chi connectivity index (χ2n) is 4.15. The van der Waals surface area contributed by atoms with Crippen molar-refractivity contribution in [1.82, 2.24) is 4.90 Å². The van der Waals surface area contributed by atoms with Crippen molar-refractivity contribution in [3.63, 3.8) is 0 Å². The van der Waals surface area contributed by atoms with Crippen LogP contribution < -0.4 is 0 Å². The highest BCUT2D eigenvalue weighted by atomic mass is 35.7. The summed E-state index contributed by atoms with van der Waals surface area (Å²) in [6.45, 7) is 6.46. The second kappa shape index (κ2) is 7.11. The van der Waals surface area contributed by atoms with Crippen LogP contribution in [-0.2, 0) is 9.05 Å². The minimum absolute atomic E-state index is 0.144. The van der Waals surface area contributed by atoms with Crippen LogP contribution in [0.5, 0.6) is 0 Å². The maximum Gasteiger partial charge on any atom is 0.261 e. The average Bonchev–Trinajstić information content (AvgIpc) is 2.36. The minimum atomic E-state index is -3.93. The van der Waals surface area contributed by atoms with Crippen LogP contribution in [0.3, 0.4) is 0 Å². The third kappa shape index (κ3) is 4.51. The molecule has 1 aromatic rings. The van der Waals surface area contributed by atoms with E-state index >= 15 is 0 Å². The molecule has 0 aliphatic carbocycles. The molecule has 20 heavy (non-hydrogen) atoms. The summed E-state index contributed by atoms with van der Waals surface area (Å²) in [5.41, 5.74) is 0.187. The molecular weight excluding hydrogens is 321 g/mol. The number of carbonyl (C=O) groups excluding carboxylic acids is 1. The molecule has 1 amide bonds. The lowest BCUT2D eigenvalue weighted by Gasteiger charge is -2.20. The summed E-state index contributed by atoms with van der Waals surface area (Å²) in [7, 11) is 1.35. The van der Waals surface area contributed by atoms with Crippen molar-refractivity contribution in [2.45, 2.75) is 18.2 Å². The van der Waals surface area contributed by atoms with Gasteiger partial charge < -0.3 is 4.90 Å². The molecule has 1 aromatic carbocycles. The Kier molecular flexibility index (Phi) is 6.05. The van der Waals surface area contributed by atoms with Gasteiger partial charge in [-0.1, -0.05) is 24.6 Å². The number of benzene rings is 1. The highest BCUT2D eigenvalue weighted by Gasteiger charge is 2.18. The number of amides is 1. The van der Waals surface area contributed by atoms with E-state index in [0.717, 1.165) is 6.42 Å². The Bertz CT molecular complexity index is 614. The van der Waals surface area contributed by atoms with E-state index in [0.29, 0.717) is 13.1 Å². The van der Waals surface area contributed by atoms with Crippen LogP contribution in [0.25, 0.3) is 0 Å². The molecule has 0 radical (unpaired) electrons. The van der Waals surface area contributed by atoms with Crippen molar-refractivity contribution < 1.29 is 13.2 Å². The Hall–Kier alpha value is -1.04. The first-order valence-electron chi connectivity index (χ1n) is 5.95. The lowest BCUT2D eigenvalue weighted by atomic mass is 10.2. The van der Waals surface area contributed by atoms with Crippen molar-refractivity contribution in [3.8, 4) is 0 Å². The van der Waals surface area contributed by atoms with Gasteiger partial charge in [0.25, 0.3) is 15.0 Å². The van der Waals surface area contributed by atoms with Gasteiger partial charge in [0.15, 0.2) is 0 Å². The van der Waals surface area contributed by atoms with Crippen LogP contribution in [0, 0.1) is 0 Å². The zero-order valence-corrected chi connectivity index (χ0v) is 13.3. The van der Waals surface area contributed by atoms with Crippen LogP contribution in [0.2, 0.25) is 5.02 Å². The zero-order chi connectivity index (χ0) is 15.3. The fourth-order valence-corrected chi connectivity index (χ4v) is 2.81. The van der Waals surface area contributed by atoms with Gasteiger partial charge in [0.05, 0.1) is 4.90 Å². The van der Waals surface area contributed by atoms with E-state index in [1.54, 1.807) is 11.0 Å². The molecule has 0 bridgehead atoms. The van der Waals surface area contributed by atoms with Gasteiger partial charge in [-0.2, -0.15) is 0 Å². The molecule has 0 spiro atoms. The molecule has 0 heterocycles. The highest BCUT2D eigenvalue weighted by molar-refractivity contribution is 8.13. The largest absolute Gasteiger partial charge is 0.335 e. The van der Waals surface area contributed by atoms with Crippen molar-refractivity contribution in [1.29, 1.82) is 0 Å². The molecular formula is C13H15Cl2NO3S. The number of rotatable bonds is 6. The fraction of sp³-hybridized carbons (Fsp3) is 0.308. The van der Waals surface area contributed by atoms with Gasteiger partial charge in [-0.15, -0.1) is 6.58 Å². The molecule has 0 aromatic heterocycles. The van der Waals surface area contributed by atoms with E-state index in [9.17, 15) is 13.2 Å². The predicted molar refractivity (Wildman–Crippen MR) is 80.9 cm³/mol. The van der Waals surface area contributed by atoms with Gasteiger partial charge in [-0.05, 0) is 24.6 Å². The van der Waals surface area contributed by atoms with Crippen LogP contribution >= 0.6 is 22.3 Å². The van der Waals surface area contributed by atoms with Crippen LogP contribution in [0.15, 0.2) is 35.7 Å². The van der Waals surface area contributed by atoms with E-state index in [1.165, 1.54) is 18.2 Å². The van der Waals surface area contributed by atoms with Gasteiger partial charge in [-0.25, -0.2) is 8.42 Å². The Morgan fingerprint density at radius 2 is 2.05 bits per heavy atom. The highest BCUT2D eigenvalue weighted by Crippen LogP contribution is 2.23. The van der Waals surface area contributed by atoms with Crippen molar-refractivity contribution >= 4 is 37.2 Å². The maximum absolute atomic E-state index is 12.3. The van der Waals surface area contributed by atoms with Crippen LogP contribution in [0.4, 0.5) is 0 Å². The molecule has 0 unspecified atom stereocenters. The van der Waals surface area contributed by atoms with Gasteiger partial charge >= 0.3 is 0 Å². The molecule has 4 nitrogen and oxygen atoms in total. The summed E-state index contributed by atoms with van der Waals surface area (Å²) in [5.74, 6) is -0.309. The third-order valence-corrected chi connectivity index (χ3v) is 4.08. The number of halogens is 2. The van der Waals surface area contributed by atoms with Gasteiger partial charge in [-0.3, -0.25) is 4.79 Å². The van der Waals surface area contributed by atoms with Crippen LogP contribution in [-0.4, -0.2) is 32.3 Å². The number of hydrogen-bond donors (Lipinski definition) is 0. The Balaban J connectivity index is 3.21. The fourth-order valence-electron chi connectivity index (χ4n) is 1.71. The normalized spacial score (nSPS) is 11.2. The van der Waals surface area contributed by atoms with Crippen molar-refractivity contribution in [3.05, 3.63) is 41.4 Å². The predicted octanol–water partition coefficient (Wildman–Crippen LogP) is 3.31. The second-order valence-corrected chi connectivity index (χ2v) is 7.16. The molecule has 0 saturated heterocycles. The minimum Gasteiger partial charge on any atom is -0.335 e. The quantitative estimate of drug-likeness (QED) is 0.592. The molecule has 0 N–H and O–H groups in total. The summed E-state index contributed by atoms with van der Waals surface area (Å²) >= 11 is 5.84. The molecule has 1 rings (SSSR count). The number of hydrogen-bond acceptors (Lipinski definition) is 3.